The van der Waals surface area contributed by atoms with Crippen LogP contribution in [0.25, 0.3) is 0 Å². The molecule has 1 aliphatic heterocycles. The van der Waals surface area contributed by atoms with E-state index in [9.17, 15) is 0 Å². The number of nitrogens with one attached hydrogen (secondary N) is 1. The summed E-state index contributed by atoms with van der Waals surface area (Å²) in [7, 11) is 0. The van der Waals surface area contributed by atoms with Gasteiger partial charge in [0.15, 0.2) is 0 Å². The van der Waals surface area contributed by atoms with Crippen molar-refractivity contribution in [2.75, 3.05) is 13.1 Å². The second kappa shape index (κ2) is 4.91. The highest BCUT2D eigenvalue weighted by atomic mass is 14.9. The summed E-state index contributed by atoms with van der Waals surface area (Å²) in [6.45, 7) is 2.18. The van der Waals surface area contributed by atoms with E-state index in [2.05, 4.69) is 22.4 Å². The van der Waals surface area contributed by atoms with Crippen LogP contribution in [0.3, 0.4) is 0 Å². The molecule has 0 spiro atoms. The Labute approximate surface area is 85.1 Å². The molecule has 1 fully saturated rings. The highest BCUT2D eigenvalue weighted by Crippen LogP contribution is 2.05. The fourth-order valence-corrected chi connectivity index (χ4v) is 1.69. The summed E-state index contributed by atoms with van der Waals surface area (Å²) in [5, 5.41) is 3.36. The van der Waals surface area contributed by atoms with Gasteiger partial charge in [-0.05, 0) is 24.9 Å². The van der Waals surface area contributed by atoms with Crippen molar-refractivity contribution >= 4 is 6.21 Å². The Balaban J connectivity index is 1.93. The van der Waals surface area contributed by atoms with Crippen LogP contribution in [0.1, 0.15) is 18.4 Å². The van der Waals surface area contributed by atoms with E-state index < -0.39 is 0 Å². The van der Waals surface area contributed by atoms with Gasteiger partial charge in [0.2, 0.25) is 0 Å². The van der Waals surface area contributed by atoms with Crippen molar-refractivity contribution in [1.29, 1.82) is 0 Å². The first-order valence-electron chi connectivity index (χ1n) is 5.24. The molecule has 0 aromatic heterocycles. The van der Waals surface area contributed by atoms with Gasteiger partial charge in [0.1, 0.15) is 0 Å². The molecule has 0 saturated carbocycles. The smallest absolute Gasteiger partial charge is 0.0624 e. The highest BCUT2D eigenvalue weighted by molar-refractivity contribution is 5.79. The van der Waals surface area contributed by atoms with Gasteiger partial charge in [-0.2, -0.15) is 0 Å². The zero-order valence-electron chi connectivity index (χ0n) is 8.32. The van der Waals surface area contributed by atoms with E-state index in [1.54, 1.807) is 0 Å². The number of aliphatic imine (C=N–C) groups is 1. The average molecular weight is 188 g/mol. The topological polar surface area (TPSA) is 24.4 Å². The third-order valence-corrected chi connectivity index (χ3v) is 2.50. The summed E-state index contributed by atoms with van der Waals surface area (Å²) in [4.78, 5) is 4.57. The summed E-state index contributed by atoms with van der Waals surface area (Å²) < 4.78 is 0. The van der Waals surface area contributed by atoms with Crippen LogP contribution in [0, 0.1) is 0 Å². The Hall–Kier alpha value is -1.15. The normalized spacial score (nSPS) is 22.7. The van der Waals surface area contributed by atoms with Crippen molar-refractivity contribution < 1.29 is 0 Å². The van der Waals surface area contributed by atoms with Crippen LogP contribution in [-0.2, 0) is 0 Å². The molecule has 1 atom stereocenters. The van der Waals surface area contributed by atoms with Crippen molar-refractivity contribution in [3.63, 3.8) is 0 Å². The Morgan fingerprint density at radius 3 is 2.86 bits per heavy atom. The number of hydrogen-bond donors (Lipinski definition) is 1. The van der Waals surface area contributed by atoms with Crippen molar-refractivity contribution in [2.24, 2.45) is 4.99 Å². The summed E-state index contributed by atoms with van der Waals surface area (Å²) in [5.74, 6) is 0. The Kier molecular flexibility index (Phi) is 3.30. The number of piperidine rings is 1. The third kappa shape index (κ3) is 2.67. The van der Waals surface area contributed by atoms with E-state index in [0.29, 0.717) is 6.04 Å². The van der Waals surface area contributed by atoms with Gasteiger partial charge in [-0.3, -0.25) is 4.99 Å². The molecular formula is C12H16N2. The fourth-order valence-electron chi connectivity index (χ4n) is 1.69. The molecule has 14 heavy (non-hydrogen) atoms. The molecule has 1 aromatic rings. The summed E-state index contributed by atoms with van der Waals surface area (Å²) in [6, 6.07) is 10.8. The van der Waals surface area contributed by atoms with Gasteiger partial charge in [0.05, 0.1) is 6.04 Å². The largest absolute Gasteiger partial charge is 0.315 e. The Morgan fingerprint density at radius 1 is 1.29 bits per heavy atom. The lowest BCUT2D eigenvalue weighted by molar-refractivity contribution is 0.462. The van der Waals surface area contributed by atoms with Crippen LogP contribution in [0.2, 0.25) is 0 Å². The highest BCUT2D eigenvalue weighted by Gasteiger charge is 2.09. The van der Waals surface area contributed by atoms with Crippen molar-refractivity contribution in [2.45, 2.75) is 18.9 Å². The van der Waals surface area contributed by atoms with Gasteiger partial charge in [-0.15, -0.1) is 0 Å². The maximum absolute atomic E-state index is 4.57. The monoisotopic (exact) mass is 188 g/mol. The SMILES string of the molecule is C(=N[C@@H]1CCCNC1)c1ccccc1. The lowest BCUT2D eigenvalue weighted by Crippen LogP contribution is -2.32. The first kappa shape index (κ1) is 9.41. The number of benzene rings is 1. The predicted molar refractivity (Wildman–Crippen MR) is 59.9 cm³/mol. The molecule has 74 valence electrons. The maximum atomic E-state index is 4.57. The van der Waals surface area contributed by atoms with Gasteiger partial charge >= 0.3 is 0 Å². The molecule has 1 saturated heterocycles. The van der Waals surface area contributed by atoms with Gasteiger partial charge in [0.25, 0.3) is 0 Å². The molecule has 1 N–H and O–H groups in total. The second-order valence-electron chi connectivity index (χ2n) is 3.69. The zero-order chi connectivity index (χ0) is 9.64. The van der Waals surface area contributed by atoms with Crippen LogP contribution in [0.4, 0.5) is 0 Å². The van der Waals surface area contributed by atoms with Crippen molar-refractivity contribution in [3.8, 4) is 0 Å². The number of nitrogens with zero attached hydrogens (tertiary/aromatic N) is 1. The molecule has 1 heterocycles. The first-order valence-corrected chi connectivity index (χ1v) is 5.24. The second-order valence-corrected chi connectivity index (χ2v) is 3.69. The predicted octanol–water partition coefficient (Wildman–Crippen LogP) is 1.86. The minimum atomic E-state index is 0.476. The minimum Gasteiger partial charge on any atom is -0.315 e. The zero-order valence-corrected chi connectivity index (χ0v) is 8.32. The van der Waals surface area contributed by atoms with Crippen LogP contribution in [-0.4, -0.2) is 25.3 Å². The molecule has 0 amide bonds. The van der Waals surface area contributed by atoms with Crippen LogP contribution >= 0.6 is 0 Å². The fraction of sp³-hybridized carbons (Fsp3) is 0.417. The summed E-state index contributed by atoms with van der Waals surface area (Å²) >= 11 is 0. The molecule has 1 aromatic carbocycles. The molecule has 2 rings (SSSR count). The molecule has 0 radical (unpaired) electrons. The molecule has 0 unspecified atom stereocenters. The van der Waals surface area contributed by atoms with Gasteiger partial charge in [-0.25, -0.2) is 0 Å². The van der Waals surface area contributed by atoms with E-state index >= 15 is 0 Å². The Bertz CT molecular complexity index is 286. The number of rotatable bonds is 2. The summed E-state index contributed by atoms with van der Waals surface area (Å²) in [5.41, 5.74) is 1.19. The lowest BCUT2D eigenvalue weighted by Gasteiger charge is -2.18. The van der Waals surface area contributed by atoms with Gasteiger partial charge in [-0.1, -0.05) is 30.3 Å². The van der Waals surface area contributed by atoms with E-state index in [4.69, 9.17) is 0 Å². The average Bonchev–Trinajstić information content (AvgIpc) is 2.29. The Morgan fingerprint density at radius 2 is 2.14 bits per heavy atom. The van der Waals surface area contributed by atoms with Gasteiger partial charge in [0, 0.05) is 12.8 Å². The number of hydrogen-bond acceptors (Lipinski definition) is 2. The van der Waals surface area contributed by atoms with Crippen LogP contribution < -0.4 is 5.32 Å². The third-order valence-electron chi connectivity index (χ3n) is 2.50. The lowest BCUT2D eigenvalue weighted by atomic mass is 10.1. The van der Waals surface area contributed by atoms with Gasteiger partial charge < -0.3 is 5.32 Å². The molecular weight excluding hydrogens is 172 g/mol. The molecule has 0 aliphatic carbocycles. The van der Waals surface area contributed by atoms with E-state index in [1.165, 1.54) is 18.4 Å². The van der Waals surface area contributed by atoms with E-state index in [-0.39, 0.29) is 0 Å². The van der Waals surface area contributed by atoms with E-state index in [1.807, 2.05) is 24.4 Å². The maximum Gasteiger partial charge on any atom is 0.0624 e. The van der Waals surface area contributed by atoms with Crippen LogP contribution in [0.15, 0.2) is 35.3 Å². The van der Waals surface area contributed by atoms with E-state index in [0.717, 1.165) is 13.1 Å². The molecule has 0 bridgehead atoms. The molecule has 1 aliphatic rings. The van der Waals surface area contributed by atoms with Crippen LogP contribution in [0.5, 0.6) is 0 Å². The van der Waals surface area contributed by atoms with Crippen molar-refractivity contribution in [1.82, 2.24) is 5.32 Å². The quantitative estimate of drug-likeness (QED) is 0.704. The molecule has 2 nitrogen and oxygen atoms in total. The summed E-state index contributed by atoms with van der Waals surface area (Å²) in [6.07, 6.45) is 4.45. The minimum absolute atomic E-state index is 0.476. The van der Waals surface area contributed by atoms with Crippen molar-refractivity contribution in [3.05, 3.63) is 35.9 Å². The molecule has 2 heteroatoms. The standard InChI is InChI=1S/C12H16N2/c1-2-5-11(6-3-1)9-14-12-7-4-8-13-10-12/h1-3,5-6,9,12-13H,4,7-8,10H2/t12-/m1/s1. The first-order chi connectivity index (χ1) is 6.95.